The van der Waals surface area contributed by atoms with Crippen molar-refractivity contribution in [1.29, 1.82) is 0 Å². The number of benzene rings is 2. The predicted molar refractivity (Wildman–Crippen MR) is 411 cm³/mol. The number of aromatic amines is 2. The molecule has 1 aliphatic rings. The number of ether oxygens (including phenoxy) is 4. The molecule has 1 saturated heterocycles. The molecule has 3 heterocycles. The molecule has 0 saturated carbocycles. The number of nitrogens with one attached hydrogen (secondary N) is 12. The fourth-order valence-corrected chi connectivity index (χ4v) is 12.2. The Labute approximate surface area is 643 Å². The van der Waals surface area contributed by atoms with Crippen LogP contribution in [0.4, 0.5) is 0 Å². The number of fused-ring (bicyclic) bond motifs is 1. The molecule has 1 aliphatic heterocycles. The first-order valence-corrected chi connectivity index (χ1v) is 38.9. The molecule has 35 heteroatoms. The molecule has 0 unspecified atom stereocenters. The first kappa shape index (κ1) is 90.9. The lowest BCUT2D eigenvalue weighted by molar-refractivity contribution is -0.136. The van der Waals surface area contributed by atoms with Gasteiger partial charge in [0.1, 0.15) is 55.5 Å². The van der Waals surface area contributed by atoms with Crippen molar-refractivity contribution >= 4 is 81.8 Å². The fourth-order valence-electron chi connectivity index (χ4n) is 12.2. The summed E-state index contributed by atoms with van der Waals surface area (Å²) in [6, 6.07) is 6.31. The van der Waals surface area contributed by atoms with Crippen molar-refractivity contribution in [3.8, 4) is 0 Å². The summed E-state index contributed by atoms with van der Waals surface area (Å²) in [5.41, 5.74) is 25.2. The van der Waals surface area contributed by atoms with Crippen molar-refractivity contribution in [1.82, 2.24) is 78.8 Å². The number of hydrogen-bond donors (Lipinski definition) is 16. The molecule has 610 valence electrons. The molecule has 2 aromatic carbocycles. The second-order valence-corrected chi connectivity index (χ2v) is 27.3. The zero-order chi connectivity index (χ0) is 79.4. The lowest BCUT2D eigenvalue weighted by Gasteiger charge is -2.28. The molecule has 5 rings (SSSR count). The van der Waals surface area contributed by atoms with Gasteiger partial charge in [0, 0.05) is 81.9 Å². The predicted octanol–water partition coefficient (Wildman–Crippen LogP) is 0.631. The van der Waals surface area contributed by atoms with Gasteiger partial charge in [-0.25, -0.2) is 0 Å². The highest BCUT2D eigenvalue weighted by Crippen LogP contribution is 2.21. The van der Waals surface area contributed by atoms with E-state index in [1.54, 1.807) is 36.5 Å². The number of hydrogen-bond acceptors (Lipinski definition) is 20. The van der Waals surface area contributed by atoms with Gasteiger partial charge in [-0.1, -0.05) is 144 Å². The summed E-state index contributed by atoms with van der Waals surface area (Å²) >= 11 is 0. The maximum absolute atomic E-state index is 14.7. The zero-order valence-corrected chi connectivity index (χ0v) is 63.8. The molecule has 110 heavy (non-hydrogen) atoms. The lowest BCUT2D eigenvalue weighted by Crippen LogP contribution is -2.61. The average molecular weight is 1540 g/mol. The first-order valence-electron chi connectivity index (χ1n) is 38.9. The third-order valence-electron chi connectivity index (χ3n) is 18.3. The number of carbonyl (C=O) groups is 11. The number of carbonyl (C=O) groups excluding carboxylic acids is 11. The largest absolute Gasteiger partial charge is 0.377 e. The molecule has 0 bridgehead atoms. The van der Waals surface area contributed by atoms with E-state index < -0.39 is 109 Å². The van der Waals surface area contributed by atoms with Crippen LogP contribution in [0.25, 0.3) is 10.9 Å². The molecule has 11 amide bonds. The monoisotopic (exact) mass is 1540 g/mol. The molecule has 4 aromatic rings. The van der Waals surface area contributed by atoms with Gasteiger partial charge in [0.05, 0.1) is 39.6 Å². The van der Waals surface area contributed by atoms with E-state index in [2.05, 4.69) is 83.8 Å². The number of H-pyrrole nitrogens is 2. The van der Waals surface area contributed by atoms with E-state index in [4.69, 9.17) is 41.9 Å². The van der Waals surface area contributed by atoms with E-state index in [9.17, 15) is 52.7 Å². The SMILES string of the molecule is CCCC[C@H](NC(=O)COCCOCCNC(=O)COCCOCCNC(=O)CCCCCCCCCCCCCCCc1nn[nH]n1)C(=O)N[C@H]1CCC(=O)NCCCC[C@@H](C(N)=O)NC(=O)[C@H](Cc2c[nH]c3ccccc23)NC(=O)[C@H](CCCN=C(N)N)NC(=O)[C@@H](Cc2ccccc2)NC(=O)[C@H](CN)NC1=O. The number of unbranched alkanes of at least 4 members (excludes halogenated alkanes) is 13. The van der Waals surface area contributed by atoms with E-state index in [1.807, 2.05) is 31.2 Å². The van der Waals surface area contributed by atoms with Crippen molar-refractivity contribution in [2.75, 3.05) is 85.6 Å². The Morgan fingerprint density at radius 1 is 0.600 bits per heavy atom. The number of aryl methyl sites for hydroxylation is 1. The van der Waals surface area contributed by atoms with Crippen LogP contribution in [0.1, 0.15) is 178 Å². The van der Waals surface area contributed by atoms with Crippen molar-refractivity contribution in [2.24, 2.45) is 27.9 Å². The van der Waals surface area contributed by atoms with Crippen LogP contribution in [0.3, 0.4) is 0 Å². The molecule has 35 nitrogen and oxygen atoms in total. The van der Waals surface area contributed by atoms with Gasteiger partial charge in [-0.3, -0.25) is 57.7 Å². The van der Waals surface area contributed by atoms with Crippen molar-refractivity contribution in [2.45, 2.75) is 223 Å². The maximum atomic E-state index is 14.7. The van der Waals surface area contributed by atoms with Crippen LogP contribution in [0.5, 0.6) is 0 Å². The molecule has 2 aromatic heterocycles. The van der Waals surface area contributed by atoms with E-state index in [1.165, 1.54) is 57.8 Å². The number of aliphatic imine (C=N–C) groups is 1. The van der Waals surface area contributed by atoms with Crippen LogP contribution in [0.2, 0.25) is 0 Å². The average Bonchev–Trinajstić information content (AvgIpc) is 1.62. The molecule has 20 N–H and O–H groups in total. The Morgan fingerprint density at radius 3 is 1.83 bits per heavy atom. The van der Waals surface area contributed by atoms with Crippen LogP contribution in [-0.2, 0) is 90.9 Å². The summed E-state index contributed by atoms with van der Waals surface area (Å²) < 4.78 is 22.0. The molecule has 7 atom stereocenters. The molecule has 0 aliphatic carbocycles. The number of rotatable bonds is 48. The quantitative estimate of drug-likeness (QED) is 0.0164. The highest BCUT2D eigenvalue weighted by atomic mass is 16.5. The summed E-state index contributed by atoms with van der Waals surface area (Å²) in [6.07, 6.45) is 19.6. The Morgan fingerprint density at radius 2 is 1.18 bits per heavy atom. The zero-order valence-electron chi connectivity index (χ0n) is 63.8. The third-order valence-corrected chi connectivity index (χ3v) is 18.3. The summed E-state index contributed by atoms with van der Waals surface area (Å²) in [7, 11) is 0. The van der Waals surface area contributed by atoms with Crippen LogP contribution < -0.4 is 76.1 Å². The van der Waals surface area contributed by atoms with Crippen LogP contribution in [0.15, 0.2) is 65.8 Å². The minimum Gasteiger partial charge on any atom is -0.377 e. The van der Waals surface area contributed by atoms with Gasteiger partial charge >= 0.3 is 0 Å². The van der Waals surface area contributed by atoms with Gasteiger partial charge < -0.3 is 100 Å². The lowest BCUT2D eigenvalue weighted by atomic mass is 10.0. The maximum Gasteiger partial charge on any atom is 0.246 e. The Hall–Kier alpha value is -9.71. The van der Waals surface area contributed by atoms with Crippen molar-refractivity contribution < 1.29 is 71.7 Å². The number of nitrogens with two attached hydrogens (primary N) is 4. The molecular formula is C75H120N20O15. The topological polar surface area (TPSA) is 532 Å². The minimum absolute atomic E-state index is 0.00483. The number of aromatic nitrogens is 5. The summed E-state index contributed by atoms with van der Waals surface area (Å²) in [5, 5.41) is 41.9. The highest BCUT2D eigenvalue weighted by Gasteiger charge is 2.35. The van der Waals surface area contributed by atoms with E-state index >= 15 is 0 Å². The Kier molecular flexibility index (Phi) is 45.3. The minimum atomic E-state index is -1.54. The number of para-hydroxylation sites is 1. The Bertz CT molecular complexity index is 3420. The van der Waals surface area contributed by atoms with Gasteiger partial charge in [0.2, 0.25) is 65.0 Å². The molecular weight excluding hydrogens is 1420 g/mol. The van der Waals surface area contributed by atoms with Gasteiger partial charge in [0.25, 0.3) is 0 Å². The summed E-state index contributed by atoms with van der Waals surface area (Å²) in [4.78, 5) is 158. The number of primary amides is 1. The third kappa shape index (κ3) is 38.6. The Balaban J connectivity index is 1.06. The summed E-state index contributed by atoms with van der Waals surface area (Å²) in [5.74, 6) is -6.91. The molecule has 0 spiro atoms. The number of nitrogens with zero attached hydrogens (tertiary/aromatic N) is 4. The van der Waals surface area contributed by atoms with Gasteiger partial charge in [-0.05, 0) is 75.0 Å². The highest BCUT2D eigenvalue weighted by molar-refractivity contribution is 5.98. The molecule has 1 fully saturated rings. The van der Waals surface area contributed by atoms with E-state index in [-0.39, 0.29) is 135 Å². The van der Waals surface area contributed by atoms with Crippen LogP contribution in [-0.4, -0.2) is 224 Å². The van der Waals surface area contributed by atoms with E-state index in [0.717, 1.165) is 48.8 Å². The second-order valence-electron chi connectivity index (χ2n) is 27.3. The van der Waals surface area contributed by atoms with Gasteiger partial charge in [-0.2, -0.15) is 5.21 Å². The standard InChI is InChI=1S/C75H120N20O15/c1-2-3-28-57(85-67(99)51-110-45-43-108-41-39-82-66(98)50-109-44-42-107-40-38-81-64(96)33-19-14-12-10-8-6-4-5-7-9-11-13-18-32-63-92-94-95-93-63)69(101)88-59-34-35-65(97)80-36-23-22-30-56(68(77)100)86-73(105)61(47-53-49-84-55-29-21-20-27-54(53)55)90-70(102)58(31-24-37-83-75(78)79)87-72(104)60(46-52-25-16-15-17-26-52)89-74(106)62(48-76)91-71(59)103/h15-17,20-21,25-27,29,49,56-62,84H,2-14,18-19,22-24,28,30-48,50-51,76H2,1H3,(H2,77,100)(H,80,97)(H,81,96)(H,82,98)(H,85,99)(H,86,105)(H,87,104)(H,88,101)(H,89,106)(H,90,102)(H,91,103)(H4,78,79,83)(H,92,93,94,95)/t56-,57-,58-,59-,60+,61-,62-/m0/s1. The summed E-state index contributed by atoms with van der Waals surface area (Å²) in [6.45, 7) is 2.30. The number of tetrazole rings is 1. The number of amides is 11. The van der Waals surface area contributed by atoms with E-state index in [0.29, 0.717) is 50.0 Å². The normalized spacial score (nSPS) is 18.2. The molecule has 0 radical (unpaired) electrons. The second kappa shape index (κ2) is 54.8. The van der Waals surface area contributed by atoms with Crippen molar-refractivity contribution in [3.05, 3.63) is 77.7 Å². The van der Waals surface area contributed by atoms with Crippen LogP contribution in [0, 0.1) is 0 Å². The van der Waals surface area contributed by atoms with Gasteiger partial charge in [0.15, 0.2) is 11.8 Å². The smallest absolute Gasteiger partial charge is 0.246 e. The number of guanidine groups is 1. The van der Waals surface area contributed by atoms with Crippen LogP contribution >= 0.6 is 0 Å². The van der Waals surface area contributed by atoms with Crippen molar-refractivity contribution in [3.63, 3.8) is 0 Å². The van der Waals surface area contributed by atoms with Gasteiger partial charge in [-0.15, -0.1) is 10.2 Å². The fraction of sp³-hybridized carbons (Fsp3) is 0.640. The first-order chi connectivity index (χ1) is 53.3.